The fourth-order valence-electron chi connectivity index (χ4n) is 1.03. The second-order valence-electron chi connectivity index (χ2n) is 2.92. The topological polar surface area (TPSA) is 46.5 Å². The second-order valence-corrected chi connectivity index (χ2v) is 4.49. The Hall–Kier alpha value is -0.490. The van der Waals surface area contributed by atoms with E-state index < -0.39 is 5.97 Å². The number of halogens is 2. The average Bonchev–Trinajstić information content (AvgIpc) is 2.19. The first kappa shape index (κ1) is 12.6. The van der Waals surface area contributed by atoms with E-state index in [0.29, 0.717) is 17.4 Å². The van der Waals surface area contributed by atoms with Gasteiger partial charge in [-0.2, -0.15) is 0 Å². The molecule has 3 nitrogen and oxygen atoms in total. The number of benzene rings is 1. The molecule has 0 aliphatic rings. The molecule has 1 rings (SSSR count). The van der Waals surface area contributed by atoms with Gasteiger partial charge in [0.1, 0.15) is 11.3 Å². The third-order valence-electron chi connectivity index (χ3n) is 1.71. The van der Waals surface area contributed by atoms with Crippen LogP contribution in [0.5, 0.6) is 5.75 Å². The fraction of sp³-hybridized carbons (Fsp3) is 0.300. The van der Waals surface area contributed by atoms with Crippen molar-refractivity contribution in [2.75, 3.05) is 6.61 Å². The first-order valence-electron chi connectivity index (χ1n) is 4.41. The van der Waals surface area contributed by atoms with Crippen molar-refractivity contribution < 1.29 is 14.6 Å². The molecule has 5 heteroatoms. The zero-order valence-electron chi connectivity index (χ0n) is 8.09. The van der Waals surface area contributed by atoms with Gasteiger partial charge in [-0.3, -0.25) is 0 Å². The van der Waals surface area contributed by atoms with Gasteiger partial charge in [-0.15, -0.1) is 0 Å². The molecule has 0 radical (unpaired) electrons. The Morgan fingerprint density at radius 2 is 2.27 bits per heavy atom. The molecule has 0 heterocycles. The molecule has 0 saturated carbocycles. The number of carboxylic acids is 1. The minimum atomic E-state index is -1.03. The lowest BCUT2D eigenvalue weighted by molar-refractivity contribution is 0.0692. The van der Waals surface area contributed by atoms with E-state index in [2.05, 4.69) is 0 Å². The summed E-state index contributed by atoms with van der Waals surface area (Å²) in [5.74, 6) is -0.655. The highest BCUT2D eigenvalue weighted by molar-refractivity contribution is 14.1. The minimum absolute atomic E-state index is 0.105. The van der Waals surface area contributed by atoms with Crippen LogP contribution in [0.1, 0.15) is 23.7 Å². The lowest BCUT2D eigenvalue weighted by atomic mass is 10.2. The van der Waals surface area contributed by atoms with Crippen LogP contribution in [0.2, 0.25) is 5.02 Å². The van der Waals surface area contributed by atoms with E-state index >= 15 is 0 Å². The van der Waals surface area contributed by atoms with Crippen molar-refractivity contribution in [3.63, 3.8) is 0 Å². The van der Waals surface area contributed by atoms with E-state index in [-0.39, 0.29) is 5.56 Å². The number of hydrogen-bond donors (Lipinski definition) is 1. The summed E-state index contributed by atoms with van der Waals surface area (Å²) >= 11 is 7.87. The summed E-state index contributed by atoms with van der Waals surface area (Å²) < 4.78 is 6.12. The highest BCUT2D eigenvalue weighted by atomic mass is 127. The largest absolute Gasteiger partial charge is 0.493 e. The lowest BCUT2D eigenvalue weighted by Gasteiger charge is -2.09. The molecule has 0 fully saturated rings. The maximum atomic E-state index is 10.9. The van der Waals surface area contributed by atoms with Crippen LogP contribution in [0, 0.1) is 3.57 Å². The number of carbonyl (C=O) groups is 1. The molecule has 0 bridgehead atoms. The highest BCUT2D eigenvalue weighted by Gasteiger charge is 2.14. The molecule has 1 N–H and O–H groups in total. The van der Waals surface area contributed by atoms with Crippen LogP contribution in [0.4, 0.5) is 0 Å². The van der Waals surface area contributed by atoms with Crippen LogP contribution in [-0.4, -0.2) is 17.7 Å². The standard InChI is InChI=1S/C10H10ClIO3/c1-2-3-15-9-5-8(12)7(11)4-6(9)10(13)14/h4-5H,2-3H2,1H3,(H,13,14). The summed E-state index contributed by atoms with van der Waals surface area (Å²) in [4.78, 5) is 10.9. The molecule has 1 aromatic carbocycles. The summed E-state index contributed by atoms with van der Waals surface area (Å²) in [5, 5.41) is 9.37. The van der Waals surface area contributed by atoms with Crippen molar-refractivity contribution in [1.29, 1.82) is 0 Å². The first-order chi connectivity index (χ1) is 7.06. The molecule has 0 aliphatic heterocycles. The van der Waals surface area contributed by atoms with Gasteiger partial charge in [0, 0.05) is 3.57 Å². The van der Waals surface area contributed by atoms with Gasteiger partial charge >= 0.3 is 5.97 Å². The van der Waals surface area contributed by atoms with Gasteiger partial charge in [0.05, 0.1) is 11.6 Å². The summed E-state index contributed by atoms with van der Waals surface area (Å²) in [7, 11) is 0. The van der Waals surface area contributed by atoms with Crippen molar-refractivity contribution in [3.05, 3.63) is 26.3 Å². The quantitative estimate of drug-likeness (QED) is 0.854. The molecule has 0 unspecified atom stereocenters. The zero-order chi connectivity index (χ0) is 11.4. The lowest BCUT2D eigenvalue weighted by Crippen LogP contribution is -2.04. The van der Waals surface area contributed by atoms with Crippen LogP contribution < -0.4 is 4.74 Å². The van der Waals surface area contributed by atoms with Gasteiger partial charge in [0.2, 0.25) is 0 Å². The molecular weight excluding hydrogens is 330 g/mol. The molecule has 0 spiro atoms. The molecule has 0 aliphatic carbocycles. The SMILES string of the molecule is CCCOc1cc(I)c(Cl)cc1C(=O)O. The van der Waals surface area contributed by atoms with Gasteiger partial charge in [-0.1, -0.05) is 18.5 Å². The van der Waals surface area contributed by atoms with Crippen molar-refractivity contribution in [3.8, 4) is 5.75 Å². The number of aromatic carboxylic acids is 1. The van der Waals surface area contributed by atoms with Gasteiger partial charge in [-0.25, -0.2) is 4.79 Å². The van der Waals surface area contributed by atoms with E-state index in [4.69, 9.17) is 21.4 Å². The maximum Gasteiger partial charge on any atom is 0.339 e. The number of ether oxygens (including phenoxy) is 1. The Morgan fingerprint density at radius 1 is 1.60 bits per heavy atom. The van der Waals surface area contributed by atoms with Gasteiger partial charge in [0.25, 0.3) is 0 Å². The molecule has 1 aromatic rings. The third-order valence-corrected chi connectivity index (χ3v) is 3.24. The Morgan fingerprint density at radius 3 is 2.80 bits per heavy atom. The Bertz CT molecular complexity index is 379. The molecule has 0 aromatic heterocycles. The molecule has 15 heavy (non-hydrogen) atoms. The van der Waals surface area contributed by atoms with Gasteiger partial charge in [-0.05, 0) is 41.1 Å². The molecule has 0 atom stereocenters. The van der Waals surface area contributed by atoms with Crippen molar-refractivity contribution >= 4 is 40.2 Å². The molecule has 0 saturated heterocycles. The Labute approximate surface area is 107 Å². The van der Waals surface area contributed by atoms with Gasteiger partial charge < -0.3 is 9.84 Å². The predicted octanol–water partition coefficient (Wildman–Crippen LogP) is 3.43. The molecule has 0 amide bonds. The fourth-order valence-corrected chi connectivity index (χ4v) is 1.63. The van der Waals surface area contributed by atoms with Crippen molar-refractivity contribution in [2.45, 2.75) is 13.3 Å². The van der Waals surface area contributed by atoms with Crippen LogP contribution in [-0.2, 0) is 0 Å². The van der Waals surface area contributed by atoms with Crippen LogP contribution in [0.25, 0.3) is 0 Å². The zero-order valence-corrected chi connectivity index (χ0v) is 11.0. The van der Waals surface area contributed by atoms with E-state index in [1.165, 1.54) is 6.07 Å². The summed E-state index contributed by atoms with van der Waals surface area (Å²) in [6.45, 7) is 2.46. The van der Waals surface area contributed by atoms with Crippen molar-refractivity contribution in [1.82, 2.24) is 0 Å². The smallest absolute Gasteiger partial charge is 0.339 e. The Balaban J connectivity index is 3.10. The van der Waals surface area contributed by atoms with Crippen molar-refractivity contribution in [2.24, 2.45) is 0 Å². The monoisotopic (exact) mass is 340 g/mol. The van der Waals surface area contributed by atoms with E-state index in [1.807, 2.05) is 29.5 Å². The number of rotatable bonds is 4. The van der Waals surface area contributed by atoms with E-state index in [9.17, 15) is 4.79 Å². The first-order valence-corrected chi connectivity index (χ1v) is 5.87. The Kier molecular flexibility index (Phi) is 4.66. The van der Waals surface area contributed by atoms with Crippen LogP contribution >= 0.6 is 34.2 Å². The summed E-state index contributed by atoms with van der Waals surface area (Å²) in [6, 6.07) is 3.05. The molecular formula is C10H10ClIO3. The third kappa shape index (κ3) is 3.24. The van der Waals surface area contributed by atoms with Crippen LogP contribution in [0.15, 0.2) is 12.1 Å². The summed E-state index contributed by atoms with van der Waals surface area (Å²) in [5.41, 5.74) is 0.105. The van der Waals surface area contributed by atoms with Crippen LogP contribution in [0.3, 0.4) is 0 Å². The average molecular weight is 341 g/mol. The minimum Gasteiger partial charge on any atom is -0.493 e. The van der Waals surface area contributed by atoms with E-state index in [0.717, 1.165) is 9.99 Å². The number of hydrogen-bond acceptors (Lipinski definition) is 2. The molecule has 82 valence electrons. The second kappa shape index (κ2) is 5.55. The predicted molar refractivity (Wildman–Crippen MR) is 66.9 cm³/mol. The maximum absolute atomic E-state index is 10.9. The normalized spacial score (nSPS) is 10.1. The summed E-state index contributed by atoms with van der Waals surface area (Å²) in [6.07, 6.45) is 0.832. The van der Waals surface area contributed by atoms with E-state index in [1.54, 1.807) is 6.07 Å². The number of carboxylic acid groups (broad SMARTS) is 1. The highest BCUT2D eigenvalue weighted by Crippen LogP contribution is 2.28. The van der Waals surface area contributed by atoms with Gasteiger partial charge in [0.15, 0.2) is 0 Å².